The third kappa shape index (κ3) is 5.79. The van der Waals surface area contributed by atoms with Crippen LogP contribution >= 0.6 is 34.8 Å². The van der Waals surface area contributed by atoms with Gasteiger partial charge in [0.15, 0.2) is 5.11 Å². The number of nitrogens with one attached hydrogen (secondary N) is 3. The van der Waals surface area contributed by atoms with Crippen molar-refractivity contribution in [2.24, 2.45) is 0 Å². The molecule has 0 aliphatic rings. The van der Waals surface area contributed by atoms with Crippen molar-refractivity contribution in [3.8, 4) is 0 Å². The zero-order valence-electron chi connectivity index (χ0n) is 13.9. The highest BCUT2D eigenvalue weighted by atomic mass is 127. The van der Waals surface area contributed by atoms with Crippen LogP contribution < -0.4 is 16.0 Å². The molecule has 0 radical (unpaired) electrons. The summed E-state index contributed by atoms with van der Waals surface area (Å²) >= 11 is 7.35. The Labute approximate surface area is 165 Å². The normalized spacial score (nSPS) is 10.0. The lowest BCUT2D eigenvalue weighted by atomic mass is 10.1. The van der Waals surface area contributed by atoms with Crippen LogP contribution in [0.3, 0.4) is 0 Å². The average Bonchev–Trinajstić information content (AvgIpc) is 2.57. The first-order chi connectivity index (χ1) is 11.9. The van der Waals surface area contributed by atoms with Gasteiger partial charge >= 0.3 is 0 Å². The summed E-state index contributed by atoms with van der Waals surface area (Å²) in [5.41, 5.74) is 2.88. The Bertz CT molecular complexity index is 824. The Morgan fingerprint density at radius 1 is 1.12 bits per heavy atom. The van der Waals surface area contributed by atoms with Crippen LogP contribution in [-0.2, 0) is 4.79 Å². The van der Waals surface area contributed by atoms with Gasteiger partial charge in [0, 0.05) is 26.9 Å². The van der Waals surface area contributed by atoms with Crippen molar-refractivity contribution < 1.29 is 9.59 Å². The van der Waals surface area contributed by atoms with Crippen LogP contribution in [0.15, 0.2) is 42.5 Å². The molecule has 2 amide bonds. The van der Waals surface area contributed by atoms with E-state index < -0.39 is 0 Å². The molecule has 0 saturated carbocycles. The molecule has 0 heterocycles. The molecule has 2 aromatic rings. The molecule has 2 aromatic carbocycles. The van der Waals surface area contributed by atoms with Crippen molar-refractivity contribution in [3.63, 3.8) is 0 Å². The van der Waals surface area contributed by atoms with E-state index in [2.05, 4.69) is 38.5 Å². The number of hydrogen-bond donors (Lipinski definition) is 3. The standard InChI is InChI=1S/C18H18IN3O2S/c1-3-16(23)21-15-10-14(8-7-11(15)2)20-18(25)22-17(24)12-5-4-6-13(19)9-12/h4-10H,3H2,1-2H3,(H,21,23)(H2,20,22,24,25). The van der Waals surface area contributed by atoms with Gasteiger partial charge in [-0.25, -0.2) is 0 Å². The molecule has 0 spiro atoms. The average molecular weight is 467 g/mol. The Morgan fingerprint density at radius 3 is 2.56 bits per heavy atom. The molecule has 25 heavy (non-hydrogen) atoms. The fraction of sp³-hybridized carbons (Fsp3) is 0.167. The number of carbonyl (C=O) groups excluding carboxylic acids is 2. The quantitative estimate of drug-likeness (QED) is 0.469. The summed E-state index contributed by atoms with van der Waals surface area (Å²) in [7, 11) is 0. The van der Waals surface area contributed by atoms with Crippen molar-refractivity contribution in [2.75, 3.05) is 10.6 Å². The van der Waals surface area contributed by atoms with Gasteiger partial charge in [-0.05, 0) is 77.6 Å². The molecule has 0 saturated heterocycles. The van der Waals surface area contributed by atoms with Gasteiger partial charge in [-0.1, -0.05) is 19.1 Å². The highest BCUT2D eigenvalue weighted by molar-refractivity contribution is 14.1. The molecule has 0 atom stereocenters. The monoisotopic (exact) mass is 467 g/mol. The predicted molar refractivity (Wildman–Crippen MR) is 113 cm³/mol. The molecule has 2 rings (SSSR count). The van der Waals surface area contributed by atoms with Gasteiger partial charge in [0.05, 0.1) is 0 Å². The van der Waals surface area contributed by atoms with E-state index in [1.807, 2.05) is 31.2 Å². The molecule has 0 aliphatic carbocycles. The summed E-state index contributed by atoms with van der Waals surface area (Å²) in [6.45, 7) is 3.70. The van der Waals surface area contributed by atoms with Crippen molar-refractivity contribution in [1.29, 1.82) is 0 Å². The van der Waals surface area contributed by atoms with Crippen LogP contribution in [0.1, 0.15) is 29.3 Å². The van der Waals surface area contributed by atoms with Crippen LogP contribution in [0.5, 0.6) is 0 Å². The van der Waals surface area contributed by atoms with Crippen LogP contribution in [-0.4, -0.2) is 16.9 Å². The minimum Gasteiger partial charge on any atom is -0.332 e. The van der Waals surface area contributed by atoms with Gasteiger partial charge in [0.25, 0.3) is 5.91 Å². The third-order valence-corrected chi connectivity index (χ3v) is 4.28. The number of aryl methyl sites for hydroxylation is 1. The van der Waals surface area contributed by atoms with E-state index in [9.17, 15) is 9.59 Å². The van der Waals surface area contributed by atoms with Crippen molar-refractivity contribution >= 4 is 63.1 Å². The number of benzene rings is 2. The summed E-state index contributed by atoms with van der Waals surface area (Å²) in [4.78, 5) is 23.8. The van der Waals surface area contributed by atoms with Crippen LogP contribution in [0, 0.1) is 10.5 Å². The Morgan fingerprint density at radius 2 is 1.88 bits per heavy atom. The maximum Gasteiger partial charge on any atom is 0.257 e. The molecule has 130 valence electrons. The second kappa shape index (κ2) is 8.91. The second-order valence-electron chi connectivity index (χ2n) is 5.35. The number of amides is 2. The fourth-order valence-corrected chi connectivity index (χ4v) is 2.79. The molecule has 3 N–H and O–H groups in total. The molecular formula is C18H18IN3O2S. The van der Waals surface area contributed by atoms with Crippen LogP contribution in [0.4, 0.5) is 11.4 Å². The van der Waals surface area contributed by atoms with E-state index in [4.69, 9.17) is 12.2 Å². The lowest BCUT2D eigenvalue weighted by molar-refractivity contribution is -0.115. The number of thiocarbonyl (C=S) groups is 1. The number of halogens is 1. The summed E-state index contributed by atoms with van der Waals surface area (Å²) < 4.78 is 0.971. The van der Waals surface area contributed by atoms with Gasteiger partial charge in [-0.3, -0.25) is 14.9 Å². The largest absolute Gasteiger partial charge is 0.332 e. The first-order valence-corrected chi connectivity index (χ1v) is 9.16. The zero-order valence-corrected chi connectivity index (χ0v) is 16.8. The fourth-order valence-electron chi connectivity index (χ4n) is 2.04. The van der Waals surface area contributed by atoms with Crippen LogP contribution in [0.25, 0.3) is 0 Å². The van der Waals surface area contributed by atoms with Gasteiger partial charge < -0.3 is 10.6 Å². The zero-order chi connectivity index (χ0) is 18.4. The minimum absolute atomic E-state index is 0.0604. The highest BCUT2D eigenvalue weighted by Crippen LogP contribution is 2.20. The first-order valence-electron chi connectivity index (χ1n) is 7.67. The minimum atomic E-state index is -0.275. The number of anilines is 2. The summed E-state index contributed by atoms with van der Waals surface area (Å²) in [5.74, 6) is -0.336. The smallest absolute Gasteiger partial charge is 0.257 e. The SMILES string of the molecule is CCC(=O)Nc1cc(NC(=S)NC(=O)c2cccc(I)c2)ccc1C. The molecule has 0 bridgehead atoms. The molecular weight excluding hydrogens is 449 g/mol. The molecule has 0 unspecified atom stereocenters. The second-order valence-corrected chi connectivity index (χ2v) is 7.00. The third-order valence-electron chi connectivity index (χ3n) is 3.40. The summed E-state index contributed by atoms with van der Waals surface area (Å²) in [6, 6.07) is 12.7. The Hall–Kier alpha value is -2.00. The van der Waals surface area contributed by atoms with Gasteiger partial charge in [-0.2, -0.15) is 0 Å². The molecule has 0 aliphatic heterocycles. The molecule has 5 nitrogen and oxygen atoms in total. The summed E-state index contributed by atoms with van der Waals surface area (Å²) in [6.07, 6.45) is 0.404. The molecule has 7 heteroatoms. The van der Waals surface area contributed by atoms with E-state index >= 15 is 0 Å². The molecule has 0 aromatic heterocycles. The Kier molecular flexibility index (Phi) is 6.89. The number of carbonyl (C=O) groups is 2. The highest BCUT2D eigenvalue weighted by Gasteiger charge is 2.09. The maximum absolute atomic E-state index is 12.2. The van der Waals surface area contributed by atoms with E-state index in [0.29, 0.717) is 23.4 Å². The van der Waals surface area contributed by atoms with Gasteiger partial charge in [-0.15, -0.1) is 0 Å². The van der Waals surface area contributed by atoms with E-state index in [1.54, 1.807) is 25.1 Å². The topological polar surface area (TPSA) is 70.2 Å². The van der Waals surface area contributed by atoms with Gasteiger partial charge in [0.1, 0.15) is 0 Å². The van der Waals surface area contributed by atoms with Crippen molar-refractivity contribution in [2.45, 2.75) is 20.3 Å². The van der Waals surface area contributed by atoms with Crippen molar-refractivity contribution in [1.82, 2.24) is 5.32 Å². The van der Waals surface area contributed by atoms with Gasteiger partial charge in [0.2, 0.25) is 5.91 Å². The maximum atomic E-state index is 12.2. The van der Waals surface area contributed by atoms with E-state index in [-0.39, 0.29) is 16.9 Å². The molecule has 0 fully saturated rings. The van der Waals surface area contributed by atoms with E-state index in [0.717, 1.165) is 9.13 Å². The van der Waals surface area contributed by atoms with Crippen LogP contribution in [0.2, 0.25) is 0 Å². The first kappa shape index (κ1) is 19.3. The predicted octanol–water partition coefficient (Wildman–Crippen LogP) is 4.07. The number of hydrogen-bond acceptors (Lipinski definition) is 3. The Balaban J connectivity index is 2.04. The van der Waals surface area contributed by atoms with Crippen molar-refractivity contribution in [3.05, 3.63) is 57.2 Å². The number of rotatable bonds is 4. The lowest BCUT2D eigenvalue weighted by Crippen LogP contribution is -2.34. The van der Waals surface area contributed by atoms with E-state index in [1.165, 1.54) is 0 Å². The lowest BCUT2D eigenvalue weighted by Gasteiger charge is -2.13. The summed E-state index contributed by atoms with van der Waals surface area (Å²) in [5, 5.41) is 8.64.